The molecule has 0 amide bonds. The van der Waals surface area contributed by atoms with Crippen molar-refractivity contribution in [3.8, 4) is 0 Å². The van der Waals surface area contributed by atoms with Gasteiger partial charge in [-0.05, 0) is 43.7 Å². The Morgan fingerprint density at radius 1 is 0.875 bits per heavy atom. The maximum Gasteiger partial charge on any atom is 0.244 e. The Bertz CT molecular complexity index is 1250. The molecule has 4 nitrogen and oxygen atoms in total. The van der Waals surface area contributed by atoms with Crippen LogP contribution in [0.2, 0.25) is 0 Å². The van der Waals surface area contributed by atoms with E-state index in [1.807, 2.05) is 74.5 Å². The minimum absolute atomic E-state index is 0.228. The quantitative estimate of drug-likeness (QED) is 0.396. The molecule has 1 heterocycles. The van der Waals surface area contributed by atoms with Gasteiger partial charge in [0.1, 0.15) is 0 Å². The number of rotatable bonds is 6. The molecule has 0 unspecified atom stereocenters. The number of aryl methyl sites for hydroxylation is 2. The number of alkyl halides is 1. The van der Waals surface area contributed by atoms with E-state index in [9.17, 15) is 12.6 Å². The number of hydrogen-bond donors (Lipinski definition) is 0. The van der Waals surface area contributed by atoms with Crippen LogP contribution in [0, 0.1) is 13.8 Å². The molecule has 0 bridgehead atoms. The van der Waals surface area contributed by atoms with Crippen molar-refractivity contribution in [3.63, 3.8) is 0 Å². The summed E-state index contributed by atoms with van der Waals surface area (Å²) < 4.78 is 42.8. The van der Waals surface area contributed by atoms with Crippen LogP contribution in [-0.4, -0.2) is 28.3 Å². The van der Waals surface area contributed by atoms with Gasteiger partial charge in [-0.15, -0.1) is 0 Å². The van der Waals surface area contributed by atoms with Crippen molar-refractivity contribution >= 4 is 36.8 Å². The van der Waals surface area contributed by atoms with Crippen LogP contribution in [0.4, 0.5) is 0 Å². The van der Waals surface area contributed by atoms with Crippen molar-refractivity contribution in [2.75, 3.05) is 5.33 Å². The van der Waals surface area contributed by atoms with Gasteiger partial charge in [-0.2, -0.15) is 4.31 Å². The highest BCUT2D eigenvalue weighted by Crippen LogP contribution is 2.44. The first-order valence-electron chi connectivity index (χ1n) is 10.2. The van der Waals surface area contributed by atoms with Crippen LogP contribution in [0.5, 0.6) is 0 Å². The fourth-order valence-corrected chi connectivity index (χ4v) is 7.71. The van der Waals surface area contributed by atoms with E-state index < -0.39 is 32.9 Å². The summed E-state index contributed by atoms with van der Waals surface area (Å²) in [6, 6.07) is 22.7. The molecule has 1 aliphatic rings. The van der Waals surface area contributed by atoms with E-state index in [4.69, 9.17) is 0 Å². The molecule has 4 rings (SSSR count). The number of nitrogens with zero attached hydrogens (tertiary/aromatic N) is 1. The van der Waals surface area contributed by atoms with Gasteiger partial charge in [0.15, 0.2) is 0 Å². The summed E-state index contributed by atoms with van der Waals surface area (Å²) in [5, 5.41) is 0.399. The molecule has 7 heteroatoms. The zero-order valence-corrected chi connectivity index (χ0v) is 21.0. The maximum atomic E-state index is 13.8. The van der Waals surface area contributed by atoms with Crippen LogP contribution < -0.4 is 0 Å². The third-order valence-electron chi connectivity index (χ3n) is 5.53. The third kappa shape index (κ3) is 4.39. The van der Waals surface area contributed by atoms with E-state index in [1.165, 1.54) is 4.31 Å². The van der Waals surface area contributed by atoms with E-state index in [1.54, 1.807) is 24.3 Å². The van der Waals surface area contributed by atoms with E-state index in [0.29, 0.717) is 15.1 Å². The average Bonchev–Trinajstić information content (AvgIpc) is 3.20. The van der Waals surface area contributed by atoms with Crippen LogP contribution in [0.15, 0.2) is 99.6 Å². The summed E-state index contributed by atoms with van der Waals surface area (Å²) in [6.07, 6.45) is 1.84. The van der Waals surface area contributed by atoms with Crippen LogP contribution in [0.3, 0.4) is 0 Å². The summed E-state index contributed by atoms with van der Waals surface area (Å²) in [5.74, 6) is 0. The number of benzene rings is 3. The van der Waals surface area contributed by atoms with Gasteiger partial charge in [0.05, 0.1) is 27.8 Å². The minimum Gasteiger partial charge on any atom is -0.249 e. The molecule has 0 aliphatic carbocycles. The first-order valence-corrected chi connectivity index (χ1v) is 14.0. The van der Waals surface area contributed by atoms with Crippen LogP contribution >= 0.6 is 15.9 Å². The molecule has 3 aromatic rings. The van der Waals surface area contributed by atoms with Crippen molar-refractivity contribution in [1.29, 1.82) is 0 Å². The highest BCUT2D eigenvalue weighted by atomic mass is 79.9. The monoisotopic (exact) mass is 529 g/mol. The first kappa shape index (κ1) is 23.1. The molecule has 0 N–H and O–H groups in total. The van der Waals surface area contributed by atoms with Gasteiger partial charge in [-0.25, -0.2) is 12.6 Å². The maximum absolute atomic E-state index is 13.8. The number of halogens is 1. The van der Waals surface area contributed by atoms with Crippen LogP contribution in [0.1, 0.15) is 22.7 Å². The van der Waals surface area contributed by atoms with Gasteiger partial charge in [0.25, 0.3) is 0 Å². The summed E-state index contributed by atoms with van der Waals surface area (Å²) in [6.45, 7) is 3.90. The Labute approximate surface area is 200 Å². The van der Waals surface area contributed by atoms with Gasteiger partial charge in [-0.1, -0.05) is 87.7 Å². The number of sulfonamides is 1. The summed E-state index contributed by atoms with van der Waals surface area (Å²) in [4.78, 5) is 1.47. The average molecular weight is 531 g/mol. The number of hydrogen-bond acceptors (Lipinski definition) is 3. The lowest BCUT2D eigenvalue weighted by molar-refractivity contribution is 0.361. The fraction of sp³-hybridized carbons (Fsp3) is 0.200. The third-order valence-corrected chi connectivity index (χ3v) is 9.58. The summed E-state index contributed by atoms with van der Waals surface area (Å²) >= 11 is 3.49. The Morgan fingerprint density at radius 2 is 1.44 bits per heavy atom. The highest BCUT2D eigenvalue weighted by molar-refractivity contribution is 9.09. The van der Waals surface area contributed by atoms with Gasteiger partial charge < -0.3 is 0 Å². The van der Waals surface area contributed by atoms with Crippen molar-refractivity contribution in [2.24, 2.45) is 0 Å². The molecule has 0 radical (unpaired) electrons. The van der Waals surface area contributed by atoms with Crippen molar-refractivity contribution in [2.45, 2.75) is 35.7 Å². The topological polar surface area (TPSA) is 54.5 Å². The van der Waals surface area contributed by atoms with Crippen molar-refractivity contribution < 1.29 is 12.6 Å². The lowest BCUT2D eigenvalue weighted by atomic mass is 10.1. The molecule has 0 fully saturated rings. The second kappa shape index (κ2) is 9.43. The molecule has 1 aliphatic heterocycles. The van der Waals surface area contributed by atoms with Crippen molar-refractivity contribution in [1.82, 2.24) is 4.31 Å². The van der Waals surface area contributed by atoms with Crippen LogP contribution in [-0.2, 0) is 20.8 Å². The van der Waals surface area contributed by atoms with Gasteiger partial charge in [-0.3, -0.25) is 0 Å². The predicted octanol–water partition coefficient (Wildman–Crippen LogP) is 5.50. The molecular weight excluding hydrogens is 506 g/mol. The minimum atomic E-state index is -3.85. The van der Waals surface area contributed by atoms with Crippen molar-refractivity contribution in [3.05, 3.63) is 107 Å². The smallest absolute Gasteiger partial charge is 0.244 e. The van der Waals surface area contributed by atoms with E-state index in [0.717, 1.165) is 16.7 Å². The molecule has 0 spiro atoms. The largest absolute Gasteiger partial charge is 0.249 e. The van der Waals surface area contributed by atoms with E-state index in [-0.39, 0.29) is 4.90 Å². The lowest BCUT2D eigenvalue weighted by Gasteiger charge is -2.30. The Balaban J connectivity index is 1.85. The van der Waals surface area contributed by atoms with Crippen LogP contribution in [0.25, 0.3) is 0 Å². The molecule has 166 valence electrons. The van der Waals surface area contributed by atoms with Gasteiger partial charge >= 0.3 is 0 Å². The lowest BCUT2D eigenvalue weighted by Crippen LogP contribution is -2.39. The highest BCUT2D eigenvalue weighted by Gasteiger charge is 2.45. The molecule has 0 saturated carbocycles. The SMILES string of the molecule is Cc1ccc([S@](=O)C2=C[C@H](CBr)N(S(=O)(=O)c3ccc(C)cc3)[C@H]2c2ccccc2)cc1. The second-order valence-electron chi connectivity index (χ2n) is 7.83. The fourth-order valence-electron chi connectivity index (χ4n) is 3.84. The standard InChI is InChI=1S/C25H24BrNO3S2/c1-18-8-12-22(13-9-18)31(28)24-16-21(17-26)27(25(24)20-6-4-3-5-7-20)32(29,30)23-14-10-19(2)11-15-23/h3-16,21,25H,17H2,1-2H3/t21-,25+,31+/m1/s1. The predicted molar refractivity (Wildman–Crippen MR) is 133 cm³/mol. The molecule has 3 atom stereocenters. The first-order chi connectivity index (χ1) is 15.3. The molecule has 32 heavy (non-hydrogen) atoms. The molecular formula is C25H24BrNO3S2. The Hall–Kier alpha value is -2.06. The second-order valence-corrected chi connectivity index (χ2v) is 11.8. The van der Waals surface area contributed by atoms with E-state index in [2.05, 4.69) is 15.9 Å². The molecule has 0 saturated heterocycles. The summed E-state index contributed by atoms with van der Waals surface area (Å²) in [5.41, 5.74) is 2.85. The van der Waals surface area contributed by atoms with E-state index >= 15 is 0 Å². The Kier molecular flexibility index (Phi) is 6.81. The zero-order chi connectivity index (χ0) is 22.9. The zero-order valence-electron chi connectivity index (χ0n) is 17.8. The van der Waals surface area contributed by atoms with Gasteiger partial charge in [0, 0.05) is 15.1 Å². The van der Waals surface area contributed by atoms with Gasteiger partial charge in [0.2, 0.25) is 10.0 Å². The molecule has 3 aromatic carbocycles. The Morgan fingerprint density at radius 3 is 2.00 bits per heavy atom. The molecule has 0 aromatic heterocycles. The summed E-state index contributed by atoms with van der Waals surface area (Å²) in [7, 11) is -5.35. The normalized spacial score (nSPS) is 20.2.